The number of nitrogens with zero attached hydrogens (tertiary/aromatic N) is 3. The van der Waals surface area contributed by atoms with E-state index < -0.39 is 5.54 Å². The van der Waals surface area contributed by atoms with Crippen LogP contribution in [-0.4, -0.2) is 60.2 Å². The van der Waals surface area contributed by atoms with Crippen molar-refractivity contribution in [3.8, 4) is 0 Å². The molecule has 1 atom stereocenters. The monoisotopic (exact) mass is 229 g/mol. The second-order valence-electron chi connectivity index (χ2n) is 3.68. The zero-order chi connectivity index (χ0) is 12.0. The molecule has 7 nitrogen and oxygen atoms in total. The van der Waals surface area contributed by atoms with Gasteiger partial charge in [-0.25, -0.2) is 0 Å². The van der Waals surface area contributed by atoms with Gasteiger partial charge in [0.1, 0.15) is 0 Å². The van der Waals surface area contributed by atoms with E-state index in [2.05, 4.69) is 21.1 Å². The van der Waals surface area contributed by atoms with E-state index in [4.69, 9.17) is 4.74 Å². The van der Waals surface area contributed by atoms with Gasteiger partial charge in [0.05, 0.1) is 30.6 Å². The number of nitrogens with one attached hydrogen (secondary N) is 2. The Kier molecular flexibility index (Phi) is 4.66. The van der Waals surface area contributed by atoms with Crippen molar-refractivity contribution in [2.45, 2.75) is 12.0 Å². The molecule has 16 heavy (non-hydrogen) atoms. The first-order chi connectivity index (χ1) is 7.69. The first kappa shape index (κ1) is 12.9. The van der Waals surface area contributed by atoms with Gasteiger partial charge in [-0.15, -0.1) is 5.10 Å². The molecule has 0 spiro atoms. The Morgan fingerprint density at radius 1 is 1.56 bits per heavy atom. The number of rotatable bonds is 7. The number of aliphatic hydroxyl groups excluding tert-OH is 1. The van der Waals surface area contributed by atoms with Crippen LogP contribution in [0.5, 0.6) is 0 Å². The fourth-order valence-electron chi connectivity index (χ4n) is 1.50. The molecule has 0 aliphatic rings. The van der Waals surface area contributed by atoms with Gasteiger partial charge in [0.2, 0.25) is 0 Å². The summed E-state index contributed by atoms with van der Waals surface area (Å²) in [7, 11) is 5.15. The summed E-state index contributed by atoms with van der Waals surface area (Å²) >= 11 is 0. The molecule has 0 radical (unpaired) electrons. The molecule has 1 unspecified atom stereocenters. The molecule has 1 heterocycles. The largest absolute Gasteiger partial charge is 0.394 e. The molecule has 1 aromatic rings. The summed E-state index contributed by atoms with van der Waals surface area (Å²) in [4.78, 5) is 1.51. The third kappa shape index (κ3) is 2.91. The maximum absolute atomic E-state index is 9.42. The SMILES string of the molecule is CNn1cc(CC(CO)(COC)NC)nn1. The Hall–Kier alpha value is -1.18. The van der Waals surface area contributed by atoms with Crippen molar-refractivity contribution in [1.29, 1.82) is 0 Å². The zero-order valence-electron chi connectivity index (χ0n) is 9.90. The second-order valence-corrected chi connectivity index (χ2v) is 3.68. The van der Waals surface area contributed by atoms with Gasteiger partial charge in [0, 0.05) is 20.6 Å². The molecule has 3 N–H and O–H groups in total. The fourth-order valence-corrected chi connectivity index (χ4v) is 1.50. The molecule has 0 fully saturated rings. The summed E-state index contributed by atoms with van der Waals surface area (Å²) < 4.78 is 5.10. The van der Waals surface area contributed by atoms with Crippen molar-refractivity contribution in [3.63, 3.8) is 0 Å². The predicted octanol–water partition coefficient (Wildman–Crippen LogP) is -1.41. The van der Waals surface area contributed by atoms with Crippen LogP contribution in [0.1, 0.15) is 5.69 Å². The molecule has 92 valence electrons. The minimum Gasteiger partial charge on any atom is -0.394 e. The van der Waals surface area contributed by atoms with E-state index >= 15 is 0 Å². The molecular weight excluding hydrogens is 210 g/mol. The van der Waals surface area contributed by atoms with Crippen LogP contribution in [0.4, 0.5) is 0 Å². The van der Waals surface area contributed by atoms with Crippen LogP contribution in [0.25, 0.3) is 0 Å². The van der Waals surface area contributed by atoms with E-state index in [1.54, 1.807) is 27.4 Å². The fraction of sp³-hybridized carbons (Fsp3) is 0.778. The Balaban J connectivity index is 2.74. The second kappa shape index (κ2) is 5.78. The maximum atomic E-state index is 9.42. The van der Waals surface area contributed by atoms with Gasteiger partial charge in [-0.1, -0.05) is 0 Å². The third-order valence-corrected chi connectivity index (χ3v) is 2.54. The first-order valence-corrected chi connectivity index (χ1v) is 5.07. The van der Waals surface area contributed by atoms with Gasteiger partial charge in [0.25, 0.3) is 0 Å². The average molecular weight is 229 g/mol. The number of methoxy groups -OCH3 is 1. The van der Waals surface area contributed by atoms with E-state index in [1.165, 1.54) is 4.79 Å². The highest BCUT2D eigenvalue weighted by molar-refractivity contribution is 5.03. The smallest absolute Gasteiger partial charge is 0.0869 e. The standard InChI is InChI=1S/C9H19N5O2/c1-10-9(6-15,7-16-3)4-8-5-14(11-2)13-12-8/h5,10-11,15H,4,6-7H2,1-3H3. The topological polar surface area (TPSA) is 84.2 Å². The van der Waals surface area contributed by atoms with E-state index in [9.17, 15) is 5.11 Å². The average Bonchev–Trinajstić information content (AvgIpc) is 2.76. The van der Waals surface area contributed by atoms with Crippen LogP contribution < -0.4 is 10.7 Å². The molecule has 0 saturated heterocycles. The molecule has 0 bridgehead atoms. The summed E-state index contributed by atoms with van der Waals surface area (Å²) in [5, 5.41) is 20.3. The normalized spacial score (nSPS) is 14.8. The number of likely N-dealkylation sites (N-methyl/N-ethyl adjacent to an activating group) is 1. The van der Waals surface area contributed by atoms with Gasteiger partial charge in [0.15, 0.2) is 0 Å². The van der Waals surface area contributed by atoms with E-state index in [0.29, 0.717) is 13.0 Å². The van der Waals surface area contributed by atoms with Gasteiger partial charge in [-0.3, -0.25) is 0 Å². The Labute approximate surface area is 94.8 Å². The molecule has 1 aromatic heterocycles. The highest BCUT2D eigenvalue weighted by atomic mass is 16.5. The molecule has 0 aliphatic carbocycles. The number of ether oxygens (including phenoxy) is 1. The van der Waals surface area contributed by atoms with E-state index in [-0.39, 0.29) is 6.61 Å². The van der Waals surface area contributed by atoms with Crippen LogP contribution in [0, 0.1) is 0 Å². The lowest BCUT2D eigenvalue weighted by atomic mass is 9.96. The number of aliphatic hydroxyl groups is 1. The van der Waals surface area contributed by atoms with Crippen LogP contribution in [-0.2, 0) is 11.2 Å². The van der Waals surface area contributed by atoms with Crippen molar-refractivity contribution in [2.24, 2.45) is 0 Å². The maximum Gasteiger partial charge on any atom is 0.0869 e. The Morgan fingerprint density at radius 2 is 2.31 bits per heavy atom. The minimum atomic E-state index is -0.511. The van der Waals surface area contributed by atoms with Gasteiger partial charge in [-0.2, -0.15) is 4.79 Å². The molecule has 0 amide bonds. The summed E-state index contributed by atoms with van der Waals surface area (Å²) in [6.45, 7) is 0.385. The van der Waals surface area contributed by atoms with Gasteiger partial charge in [-0.05, 0) is 12.3 Å². The molecule has 0 saturated carbocycles. The molecule has 7 heteroatoms. The summed E-state index contributed by atoms with van der Waals surface area (Å²) in [5.41, 5.74) is 3.11. The molecule has 0 aromatic carbocycles. The van der Waals surface area contributed by atoms with Crippen LogP contribution in [0.15, 0.2) is 6.20 Å². The summed E-state index contributed by atoms with van der Waals surface area (Å²) in [5.74, 6) is 0. The minimum absolute atomic E-state index is 0.0241. The van der Waals surface area contributed by atoms with Crippen LogP contribution in [0.3, 0.4) is 0 Å². The zero-order valence-corrected chi connectivity index (χ0v) is 9.90. The quantitative estimate of drug-likeness (QED) is 0.533. The van der Waals surface area contributed by atoms with Crippen molar-refractivity contribution in [1.82, 2.24) is 20.4 Å². The summed E-state index contributed by atoms with van der Waals surface area (Å²) in [6, 6.07) is 0. The van der Waals surface area contributed by atoms with E-state index in [1.807, 2.05) is 0 Å². The van der Waals surface area contributed by atoms with E-state index in [0.717, 1.165) is 5.69 Å². The lowest BCUT2D eigenvalue weighted by Crippen LogP contribution is -2.52. The van der Waals surface area contributed by atoms with Crippen molar-refractivity contribution >= 4 is 0 Å². The lowest BCUT2D eigenvalue weighted by molar-refractivity contribution is 0.0666. The van der Waals surface area contributed by atoms with Crippen LogP contribution >= 0.6 is 0 Å². The van der Waals surface area contributed by atoms with Gasteiger partial charge >= 0.3 is 0 Å². The summed E-state index contributed by atoms with van der Waals surface area (Å²) in [6.07, 6.45) is 2.33. The van der Waals surface area contributed by atoms with Crippen molar-refractivity contribution in [2.75, 3.05) is 39.8 Å². The predicted molar refractivity (Wildman–Crippen MR) is 59.8 cm³/mol. The Morgan fingerprint density at radius 3 is 2.75 bits per heavy atom. The number of hydrogen-bond donors (Lipinski definition) is 3. The highest BCUT2D eigenvalue weighted by Gasteiger charge is 2.29. The lowest BCUT2D eigenvalue weighted by Gasteiger charge is -2.29. The third-order valence-electron chi connectivity index (χ3n) is 2.54. The van der Waals surface area contributed by atoms with Crippen LogP contribution in [0.2, 0.25) is 0 Å². The molecule has 1 rings (SSSR count). The first-order valence-electron chi connectivity index (χ1n) is 5.07. The van der Waals surface area contributed by atoms with Gasteiger partial charge < -0.3 is 20.6 Å². The van der Waals surface area contributed by atoms with Crippen molar-refractivity contribution < 1.29 is 9.84 Å². The number of aromatic nitrogens is 3. The highest BCUT2D eigenvalue weighted by Crippen LogP contribution is 2.11. The molecular formula is C9H19N5O2. The van der Waals surface area contributed by atoms with Crippen molar-refractivity contribution in [3.05, 3.63) is 11.9 Å². The molecule has 0 aliphatic heterocycles. The Bertz CT molecular complexity index is 311. The number of hydrogen-bond acceptors (Lipinski definition) is 6.